The van der Waals surface area contributed by atoms with Crippen molar-refractivity contribution in [2.75, 3.05) is 26.2 Å². The zero-order valence-electron chi connectivity index (χ0n) is 10.6. The first-order chi connectivity index (χ1) is 7.74. The van der Waals surface area contributed by atoms with Gasteiger partial charge in [0.15, 0.2) is 0 Å². The number of hydrogen-bond acceptors (Lipinski definition) is 3. The summed E-state index contributed by atoms with van der Waals surface area (Å²) in [6.45, 7) is 9.40. The van der Waals surface area contributed by atoms with E-state index < -0.39 is 0 Å². The molecule has 3 aliphatic heterocycles. The lowest BCUT2D eigenvalue weighted by atomic mass is 10.0. The van der Waals surface area contributed by atoms with Crippen LogP contribution in [0.4, 0.5) is 0 Å². The monoisotopic (exact) mass is 224 g/mol. The molecule has 0 aromatic rings. The third-order valence-corrected chi connectivity index (χ3v) is 4.64. The van der Waals surface area contributed by atoms with Crippen LogP contribution in [0.5, 0.6) is 0 Å². The Morgan fingerprint density at radius 1 is 1.12 bits per heavy atom. The van der Waals surface area contributed by atoms with Crippen molar-refractivity contribution in [1.82, 2.24) is 9.80 Å². The van der Waals surface area contributed by atoms with Crippen molar-refractivity contribution in [2.24, 2.45) is 0 Å². The average molecular weight is 224 g/mol. The van der Waals surface area contributed by atoms with Gasteiger partial charge >= 0.3 is 0 Å². The fourth-order valence-corrected chi connectivity index (χ4v) is 3.61. The van der Waals surface area contributed by atoms with Gasteiger partial charge in [0.25, 0.3) is 0 Å². The number of fused-ring (bicyclic) bond motifs is 2. The van der Waals surface area contributed by atoms with Gasteiger partial charge in [-0.1, -0.05) is 0 Å². The summed E-state index contributed by atoms with van der Waals surface area (Å²) in [6.07, 6.45) is 4.58. The Balaban J connectivity index is 1.54. The second kappa shape index (κ2) is 4.28. The topological polar surface area (TPSA) is 15.7 Å². The molecule has 0 aromatic heterocycles. The maximum absolute atomic E-state index is 5.68. The van der Waals surface area contributed by atoms with Crippen LogP contribution in [0, 0.1) is 0 Å². The number of piperidine rings is 1. The van der Waals surface area contributed by atoms with E-state index in [1.54, 1.807) is 0 Å². The van der Waals surface area contributed by atoms with Crippen molar-refractivity contribution in [3.8, 4) is 0 Å². The van der Waals surface area contributed by atoms with Crippen LogP contribution in [0.25, 0.3) is 0 Å². The standard InChI is InChI=1S/C13H24N2O/c1-10(2)14-5-3-11(4-6-14)15-8-13-7-12(15)9-16-13/h10-13H,3-9H2,1-2H3/t12-,13-/m0/s1. The minimum atomic E-state index is 0.563. The summed E-state index contributed by atoms with van der Waals surface area (Å²) in [5.41, 5.74) is 0. The van der Waals surface area contributed by atoms with Crippen molar-refractivity contribution >= 4 is 0 Å². The Bertz CT molecular complexity index is 248. The number of ether oxygens (including phenoxy) is 1. The number of morpholine rings is 1. The summed E-state index contributed by atoms with van der Waals surface area (Å²) < 4.78 is 5.68. The smallest absolute Gasteiger partial charge is 0.0718 e. The molecule has 0 radical (unpaired) electrons. The quantitative estimate of drug-likeness (QED) is 0.704. The van der Waals surface area contributed by atoms with Gasteiger partial charge in [0.1, 0.15) is 0 Å². The number of hydrogen-bond donors (Lipinski definition) is 0. The largest absolute Gasteiger partial charge is 0.375 e. The highest BCUT2D eigenvalue weighted by Crippen LogP contribution is 2.32. The molecule has 3 nitrogen and oxygen atoms in total. The molecule has 0 spiro atoms. The minimum Gasteiger partial charge on any atom is -0.375 e. The molecule has 2 atom stereocenters. The molecule has 16 heavy (non-hydrogen) atoms. The van der Waals surface area contributed by atoms with Crippen LogP contribution in [0.3, 0.4) is 0 Å². The maximum Gasteiger partial charge on any atom is 0.0718 e. The molecular formula is C13H24N2O. The van der Waals surface area contributed by atoms with Crippen LogP contribution < -0.4 is 0 Å². The molecule has 0 saturated carbocycles. The summed E-state index contributed by atoms with van der Waals surface area (Å²) in [6, 6.07) is 2.31. The summed E-state index contributed by atoms with van der Waals surface area (Å²) in [5, 5.41) is 0. The van der Waals surface area contributed by atoms with E-state index >= 15 is 0 Å². The molecule has 3 aliphatic rings. The highest BCUT2D eigenvalue weighted by Gasteiger charge is 2.42. The Labute approximate surface area is 98.7 Å². The van der Waals surface area contributed by atoms with Crippen LogP contribution in [-0.2, 0) is 4.74 Å². The molecule has 3 heteroatoms. The molecule has 0 N–H and O–H groups in total. The second-order valence-corrected chi connectivity index (χ2v) is 5.90. The third kappa shape index (κ3) is 1.89. The molecule has 3 fully saturated rings. The zero-order chi connectivity index (χ0) is 11.1. The summed E-state index contributed by atoms with van der Waals surface area (Å²) >= 11 is 0. The molecule has 2 bridgehead atoms. The van der Waals surface area contributed by atoms with Gasteiger partial charge in [-0.2, -0.15) is 0 Å². The van der Waals surface area contributed by atoms with Gasteiger partial charge in [-0.15, -0.1) is 0 Å². The van der Waals surface area contributed by atoms with Crippen LogP contribution >= 0.6 is 0 Å². The van der Waals surface area contributed by atoms with Crippen molar-refractivity contribution in [2.45, 2.75) is 57.3 Å². The molecule has 3 rings (SSSR count). The minimum absolute atomic E-state index is 0.563. The van der Waals surface area contributed by atoms with Crippen molar-refractivity contribution < 1.29 is 4.74 Å². The molecular weight excluding hydrogens is 200 g/mol. The summed E-state index contributed by atoms with van der Waals surface area (Å²) in [5.74, 6) is 0. The SMILES string of the molecule is CC(C)N1CCC(N2C[C@@H]3C[C@H]2CO3)CC1. The predicted molar refractivity (Wildman–Crippen MR) is 64.6 cm³/mol. The van der Waals surface area contributed by atoms with Gasteiger partial charge in [-0.3, -0.25) is 4.90 Å². The summed E-state index contributed by atoms with van der Waals surface area (Å²) in [4.78, 5) is 5.35. The lowest BCUT2D eigenvalue weighted by Crippen LogP contribution is -2.50. The molecule has 0 unspecified atom stereocenters. The van der Waals surface area contributed by atoms with Crippen molar-refractivity contribution in [3.63, 3.8) is 0 Å². The van der Waals surface area contributed by atoms with E-state index in [2.05, 4.69) is 23.6 Å². The Morgan fingerprint density at radius 3 is 2.38 bits per heavy atom. The Morgan fingerprint density at radius 2 is 1.88 bits per heavy atom. The van der Waals surface area contributed by atoms with E-state index in [0.717, 1.165) is 24.7 Å². The zero-order valence-corrected chi connectivity index (χ0v) is 10.6. The van der Waals surface area contributed by atoms with Gasteiger partial charge in [0.05, 0.1) is 12.7 Å². The van der Waals surface area contributed by atoms with Crippen LogP contribution in [0.15, 0.2) is 0 Å². The maximum atomic E-state index is 5.68. The van der Waals surface area contributed by atoms with Crippen LogP contribution in [0.1, 0.15) is 33.1 Å². The predicted octanol–water partition coefficient (Wildman–Crippen LogP) is 1.33. The van der Waals surface area contributed by atoms with E-state index in [1.807, 2.05) is 0 Å². The second-order valence-electron chi connectivity index (χ2n) is 5.90. The number of rotatable bonds is 2. The van der Waals surface area contributed by atoms with Gasteiger partial charge in [-0.25, -0.2) is 0 Å². The van der Waals surface area contributed by atoms with Gasteiger partial charge in [0.2, 0.25) is 0 Å². The van der Waals surface area contributed by atoms with Crippen LogP contribution in [-0.4, -0.2) is 60.3 Å². The highest BCUT2D eigenvalue weighted by molar-refractivity contribution is 4.96. The first-order valence-electron chi connectivity index (χ1n) is 6.85. The van der Waals surface area contributed by atoms with E-state index in [-0.39, 0.29) is 0 Å². The third-order valence-electron chi connectivity index (χ3n) is 4.64. The van der Waals surface area contributed by atoms with Gasteiger partial charge in [-0.05, 0) is 46.2 Å². The van der Waals surface area contributed by atoms with Crippen molar-refractivity contribution in [1.29, 1.82) is 0 Å². The molecule has 0 amide bonds. The lowest BCUT2D eigenvalue weighted by molar-refractivity contribution is -0.00557. The van der Waals surface area contributed by atoms with E-state index in [4.69, 9.17) is 4.74 Å². The van der Waals surface area contributed by atoms with Gasteiger partial charge < -0.3 is 9.64 Å². The fraction of sp³-hybridized carbons (Fsp3) is 1.00. The number of nitrogens with zero attached hydrogens (tertiary/aromatic N) is 2. The molecule has 92 valence electrons. The summed E-state index contributed by atoms with van der Waals surface area (Å²) in [7, 11) is 0. The fourth-order valence-electron chi connectivity index (χ4n) is 3.61. The first-order valence-corrected chi connectivity index (χ1v) is 6.85. The number of likely N-dealkylation sites (tertiary alicyclic amines) is 2. The normalized spacial score (nSPS) is 37.7. The molecule has 3 saturated heterocycles. The van der Waals surface area contributed by atoms with E-state index in [1.165, 1.54) is 38.9 Å². The molecule has 0 aliphatic carbocycles. The lowest BCUT2D eigenvalue weighted by Gasteiger charge is -2.41. The Kier molecular flexibility index (Phi) is 2.94. The van der Waals surface area contributed by atoms with E-state index in [9.17, 15) is 0 Å². The van der Waals surface area contributed by atoms with E-state index in [0.29, 0.717) is 6.10 Å². The first kappa shape index (κ1) is 11.0. The average Bonchev–Trinajstić information content (AvgIpc) is 2.91. The van der Waals surface area contributed by atoms with Crippen LogP contribution in [0.2, 0.25) is 0 Å². The molecule has 0 aromatic carbocycles. The highest BCUT2D eigenvalue weighted by atomic mass is 16.5. The van der Waals surface area contributed by atoms with Crippen molar-refractivity contribution in [3.05, 3.63) is 0 Å². The molecule has 3 heterocycles. The Hall–Kier alpha value is -0.120. The van der Waals surface area contributed by atoms with Gasteiger partial charge in [0, 0.05) is 24.7 Å².